The normalized spacial score (nSPS) is 30.6. The Kier molecular flexibility index (Phi) is 16.5. The first-order valence-electron chi connectivity index (χ1n) is 21.4. The van der Waals surface area contributed by atoms with E-state index in [4.69, 9.17) is 18.9 Å². The SMILES string of the molecule is C/C(=C\C=C\C(C)COC(=O)N1CCCC1)[C@H]1OC(=O)C[C@H](OC(=O)N2CCCC2)CC[C@](C)(O)[C@@H](OC(=O)N2CCN(C3CCCCCC3)CC2)/C=C/[C@@H]1C. The average Bonchev–Trinajstić information content (AvgIpc) is 3.87. The predicted molar refractivity (Wildman–Crippen MR) is 213 cm³/mol. The highest BCUT2D eigenvalue weighted by Gasteiger charge is 2.38. The van der Waals surface area contributed by atoms with E-state index in [1.54, 1.807) is 27.7 Å². The Bertz CT molecular complexity index is 1390. The molecule has 5 rings (SSSR count). The molecule has 4 heterocycles. The number of nitrogens with zero attached hydrogens (tertiary/aromatic N) is 4. The minimum absolute atomic E-state index is 0.0368. The number of ether oxygens (including phenoxy) is 4. The molecule has 0 aromatic carbocycles. The van der Waals surface area contributed by atoms with Crippen molar-refractivity contribution in [2.75, 3.05) is 59.0 Å². The van der Waals surface area contributed by atoms with Crippen LogP contribution in [-0.4, -0.2) is 138 Å². The Morgan fingerprint density at radius 1 is 0.839 bits per heavy atom. The van der Waals surface area contributed by atoms with Gasteiger partial charge in [-0.15, -0.1) is 0 Å². The van der Waals surface area contributed by atoms with Crippen LogP contribution in [0.4, 0.5) is 14.4 Å². The minimum Gasteiger partial charge on any atom is -0.457 e. The lowest BCUT2D eigenvalue weighted by Gasteiger charge is -2.40. The lowest BCUT2D eigenvalue weighted by atomic mass is 9.88. The molecule has 56 heavy (non-hydrogen) atoms. The lowest BCUT2D eigenvalue weighted by Crippen LogP contribution is -2.53. The topological polar surface area (TPSA) is 138 Å². The van der Waals surface area contributed by atoms with Crippen molar-refractivity contribution < 1.29 is 43.2 Å². The summed E-state index contributed by atoms with van der Waals surface area (Å²) in [6.07, 6.45) is 16.9. The fraction of sp³-hybridized carbons (Fsp3) is 0.767. The predicted octanol–water partition coefficient (Wildman–Crippen LogP) is 6.84. The van der Waals surface area contributed by atoms with E-state index in [0.29, 0.717) is 32.2 Å². The van der Waals surface area contributed by atoms with E-state index in [1.807, 2.05) is 45.1 Å². The number of allylic oxidation sites excluding steroid dienone is 2. The summed E-state index contributed by atoms with van der Waals surface area (Å²) in [5.74, 6) is -0.919. The van der Waals surface area contributed by atoms with E-state index >= 15 is 0 Å². The van der Waals surface area contributed by atoms with Crippen LogP contribution in [0.3, 0.4) is 0 Å². The zero-order valence-electron chi connectivity index (χ0n) is 34.4. The van der Waals surface area contributed by atoms with Crippen LogP contribution in [-0.2, 0) is 23.7 Å². The molecule has 1 saturated carbocycles. The number of likely N-dealkylation sites (tertiary alicyclic amines) is 2. The second-order valence-corrected chi connectivity index (χ2v) is 17.0. The van der Waals surface area contributed by atoms with Gasteiger partial charge in [0.25, 0.3) is 0 Å². The highest BCUT2D eigenvalue weighted by molar-refractivity contribution is 5.72. The third kappa shape index (κ3) is 13.0. The van der Waals surface area contributed by atoms with Crippen molar-refractivity contribution in [3.05, 3.63) is 36.0 Å². The number of rotatable bonds is 8. The van der Waals surface area contributed by atoms with Crippen LogP contribution in [0.1, 0.15) is 111 Å². The van der Waals surface area contributed by atoms with E-state index in [0.717, 1.165) is 57.4 Å². The van der Waals surface area contributed by atoms with Crippen molar-refractivity contribution in [2.24, 2.45) is 11.8 Å². The van der Waals surface area contributed by atoms with Crippen LogP contribution in [0.25, 0.3) is 0 Å². The molecule has 4 aliphatic heterocycles. The average molecular weight is 785 g/mol. The first-order chi connectivity index (χ1) is 26.9. The van der Waals surface area contributed by atoms with E-state index in [9.17, 15) is 24.3 Å². The highest BCUT2D eigenvalue weighted by atomic mass is 16.6. The highest BCUT2D eigenvalue weighted by Crippen LogP contribution is 2.29. The Morgan fingerprint density at radius 2 is 1.43 bits per heavy atom. The molecule has 314 valence electrons. The molecular weight excluding hydrogens is 716 g/mol. The maximum Gasteiger partial charge on any atom is 0.410 e. The van der Waals surface area contributed by atoms with Gasteiger partial charge in [0.2, 0.25) is 0 Å². The number of aliphatic hydroxyl groups is 1. The fourth-order valence-corrected chi connectivity index (χ4v) is 8.47. The second-order valence-electron chi connectivity index (χ2n) is 17.0. The van der Waals surface area contributed by atoms with Crippen molar-refractivity contribution in [2.45, 2.75) is 141 Å². The number of cyclic esters (lactones) is 1. The smallest absolute Gasteiger partial charge is 0.410 e. The summed E-state index contributed by atoms with van der Waals surface area (Å²) in [5, 5.41) is 11.9. The van der Waals surface area contributed by atoms with E-state index in [2.05, 4.69) is 4.90 Å². The third-order valence-corrected chi connectivity index (χ3v) is 12.2. The number of amides is 3. The number of esters is 1. The van der Waals surface area contributed by atoms with E-state index in [-0.39, 0.29) is 43.8 Å². The summed E-state index contributed by atoms with van der Waals surface area (Å²) >= 11 is 0. The third-order valence-electron chi connectivity index (χ3n) is 12.2. The van der Waals surface area contributed by atoms with Gasteiger partial charge < -0.3 is 38.8 Å². The standard InChI is InChI=1S/C43H68N4O9/c1-32(31-53-40(49)45-22-9-10-23-45)14-13-15-33(2)39-34(3)18-19-37(55-42(51)47-28-26-44(27-29-47)35-16-7-5-6-8-17-35)43(4,52)21-20-36(30-38(48)56-39)54-41(50)46-24-11-12-25-46/h13-15,18-19,32,34-37,39,52H,5-12,16-17,20-31H2,1-4H3/b14-13+,19-18+,33-15+/t32?,34-,36+,37-,39+,43-/m0/s1. The Hall–Kier alpha value is -3.58. The molecule has 3 amide bonds. The van der Waals surface area contributed by atoms with Gasteiger partial charge in [-0.3, -0.25) is 9.69 Å². The Balaban J connectivity index is 1.28. The maximum absolute atomic E-state index is 13.7. The Labute approximate surface area is 334 Å². The molecule has 1 unspecified atom stereocenters. The van der Waals surface area contributed by atoms with E-state index in [1.165, 1.54) is 38.5 Å². The molecule has 1 N–H and O–H groups in total. The van der Waals surface area contributed by atoms with Crippen molar-refractivity contribution in [3.8, 4) is 0 Å². The zero-order valence-corrected chi connectivity index (χ0v) is 34.4. The zero-order chi connectivity index (χ0) is 40.1. The van der Waals surface area contributed by atoms with Crippen LogP contribution in [0, 0.1) is 11.8 Å². The van der Waals surface area contributed by atoms with Gasteiger partial charge in [-0.25, -0.2) is 14.4 Å². The molecule has 0 aromatic rings. The van der Waals surface area contributed by atoms with Crippen molar-refractivity contribution in [1.29, 1.82) is 0 Å². The molecule has 6 atom stereocenters. The Morgan fingerprint density at radius 3 is 2.07 bits per heavy atom. The summed E-state index contributed by atoms with van der Waals surface area (Å²) in [4.78, 5) is 60.2. The maximum atomic E-state index is 13.7. The number of piperazine rings is 1. The molecule has 0 radical (unpaired) electrons. The summed E-state index contributed by atoms with van der Waals surface area (Å²) in [7, 11) is 0. The van der Waals surface area contributed by atoms with Crippen LogP contribution in [0.15, 0.2) is 36.0 Å². The molecular formula is C43H68N4O9. The molecule has 5 aliphatic rings. The minimum atomic E-state index is -1.52. The molecule has 0 aromatic heterocycles. The first kappa shape index (κ1) is 43.5. The van der Waals surface area contributed by atoms with Crippen molar-refractivity contribution >= 4 is 24.2 Å². The van der Waals surface area contributed by atoms with Crippen molar-refractivity contribution in [3.63, 3.8) is 0 Å². The van der Waals surface area contributed by atoms with E-state index < -0.39 is 42.1 Å². The monoisotopic (exact) mass is 784 g/mol. The molecule has 0 bridgehead atoms. The number of hydrogen-bond acceptors (Lipinski definition) is 10. The lowest BCUT2D eigenvalue weighted by molar-refractivity contribution is -0.151. The van der Waals surface area contributed by atoms with Crippen LogP contribution < -0.4 is 0 Å². The fourth-order valence-electron chi connectivity index (χ4n) is 8.47. The van der Waals surface area contributed by atoms with Crippen LogP contribution >= 0.6 is 0 Å². The van der Waals surface area contributed by atoms with Crippen LogP contribution in [0.2, 0.25) is 0 Å². The van der Waals surface area contributed by atoms with Gasteiger partial charge in [-0.1, -0.05) is 63.8 Å². The van der Waals surface area contributed by atoms with Gasteiger partial charge in [0, 0.05) is 70.2 Å². The van der Waals surface area contributed by atoms with Gasteiger partial charge in [0.1, 0.15) is 17.8 Å². The number of carbonyl (C=O) groups is 4. The summed E-state index contributed by atoms with van der Waals surface area (Å²) < 4.78 is 23.6. The first-order valence-corrected chi connectivity index (χ1v) is 21.4. The molecule has 0 spiro atoms. The summed E-state index contributed by atoms with van der Waals surface area (Å²) in [6, 6.07) is 0.572. The quantitative estimate of drug-likeness (QED) is 0.0916. The van der Waals surface area contributed by atoms with Gasteiger partial charge in [-0.05, 0) is 76.9 Å². The van der Waals surface area contributed by atoms with Gasteiger partial charge in [0.05, 0.1) is 13.0 Å². The second kappa shape index (κ2) is 21.3. The number of carbonyl (C=O) groups excluding carboxylic acids is 4. The number of hydrogen-bond donors (Lipinski definition) is 1. The molecule has 1 aliphatic carbocycles. The molecule has 3 saturated heterocycles. The van der Waals surface area contributed by atoms with Gasteiger partial charge in [0.15, 0.2) is 6.10 Å². The molecule has 13 nitrogen and oxygen atoms in total. The van der Waals surface area contributed by atoms with Crippen LogP contribution in [0.5, 0.6) is 0 Å². The summed E-state index contributed by atoms with van der Waals surface area (Å²) in [6.45, 7) is 13.0. The molecule has 4 fully saturated rings. The molecule has 13 heteroatoms. The van der Waals surface area contributed by atoms with Gasteiger partial charge in [-0.2, -0.15) is 0 Å². The van der Waals surface area contributed by atoms with Crippen molar-refractivity contribution in [1.82, 2.24) is 19.6 Å². The largest absolute Gasteiger partial charge is 0.457 e. The summed E-state index contributed by atoms with van der Waals surface area (Å²) in [5.41, 5.74) is -0.755. The van der Waals surface area contributed by atoms with Gasteiger partial charge >= 0.3 is 24.2 Å².